The molecule has 5 aliphatic rings. The van der Waals surface area contributed by atoms with Crippen LogP contribution in [0.3, 0.4) is 0 Å². The number of anilines is 4. The fourth-order valence-corrected chi connectivity index (χ4v) is 25.1. The minimum Gasteiger partial charge on any atom is -0.483 e. The Morgan fingerprint density at radius 2 is 0.774 bits per heavy atom. The van der Waals surface area contributed by atoms with Crippen LogP contribution in [0.2, 0.25) is 5.15 Å². The summed E-state index contributed by atoms with van der Waals surface area (Å²) in [7, 11) is 12.6. The largest absolute Gasteiger partial charge is 0.526 e. The van der Waals surface area contributed by atoms with Gasteiger partial charge in [0.05, 0.1) is 33.3 Å². The van der Waals surface area contributed by atoms with Crippen molar-refractivity contribution in [3.05, 3.63) is 172 Å². The van der Waals surface area contributed by atoms with E-state index in [1.54, 1.807) is 105 Å². The summed E-state index contributed by atoms with van der Waals surface area (Å²) in [4.78, 5) is 91.2. The third-order valence-corrected chi connectivity index (χ3v) is 34.8. The first-order valence-corrected chi connectivity index (χ1v) is 60.1. The van der Waals surface area contributed by atoms with Crippen LogP contribution in [-0.4, -0.2) is 218 Å². The second kappa shape index (κ2) is 59.0. The average molecular weight is 2270 g/mol. The molecule has 0 saturated heterocycles. The smallest absolute Gasteiger partial charge is 0.483 e. The van der Waals surface area contributed by atoms with Crippen molar-refractivity contribution in [1.29, 1.82) is 0 Å². The van der Waals surface area contributed by atoms with E-state index in [0.717, 1.165) is 205 Å². The number of hydrogen-bond donors (Lipinski definition) is 12. The van der Waals surface area contributed by atoms with Crippen molar-refractivity contribution in [3.8, 4) is 11.3 Å². The number of aromatic nitrogens is 12. The molecule has 14 heterocycles. The number of aliphatic hydroxyl groups is 1. The SMILES string of the molecule is CCc1cc2c(=O)[nH]cnc2s1.CCc1cc2c(Cl)ncnc2s1.CCc1cc2c(NC3CCC(N(C)C)CC3)ncnc2s1.CCc1cc2c(NC3CCC(N)CC3)ncnc2s1.CCc1sc2ncnc(NC3CCC(N(C)C)CC3)c2c1-c1cc2ccccc2o1.CCc1sc2ncnc(NC3CCC(N(C)C)CC3)c2c1Br.CO.NC1CCC(N)CC1.O=CO.O=P(Cl)(Cl)Cl.OB(O)c1cc2ccccc2o1. The molecule has 31 nitrogen and oxygen atoms in total. The van der Waals surface area contributed by atoms with Gasteiger partial charge in [-0.25, -0.2) is 54.8 Å². The highest BCUT2D eigenvalue weighted by molar-refractivity contribution is 9.10. The fraction of sp³-hybridized carbons (Fsp3) is 0.480. The number of halogens is 5. The van der Waals surface area contributed by atoms with Gasteiger partial charge >= 0.3 is 12.3 Å². The summed E-state index contributed by atoms with van der Waals surface area (Å²) in [5.41, 5.74) is 20.1. The van der Waals surface area contributed by atoms with Crippen LogP contribution in [0.15, 0.2) is 141 Å². The van der Waals surface area contributed by atoms with Crippen molar-refractivity contribution < 1.29 is 38.5 Å². The van der Waals surface area contributed by atoms with Gasteiger partial charge in [-0.05, 0) is 307 Å². The van der Waals surface area contributed by atoms with Crippen LogP contribution in [0.1, 0.15) is 199 Å². The number of nitrogens with zero attached hydrogens (tertiary/aromatic N) is 14. The molecule has 21 rings (SSSR count). The highest BCUT2D eigenvalue weighted by Gasteiger charge is 2.30. The molecule has 44 heteroatoms. The number of fused-ring (bicyclic) bond motifs is 8. The number of nitrogens with one attached hydrogen (secondary N) is 5. The maximum absolute atomic E-state index is 11.2. The minimum absolute atomic E-state index is 0.0454. The lowest BCUT2D eigenvalue weighted by atomic mass is 9.88. The molecule has 14 aromatic heterocycles. The van der Waals surface area contributed by atoms with Crippen LogP contribution >= 0.6 is 134 Å². The van der Waals surface area contributed by atoms with E-state index in [9.17, 15) is 9.36 Å². The average Bonchev–Trinajstić information content (AvgIpc) is 1.59. The summed E-state index contributed by atoms with van der Waals surface area (Å²) in [5, 5.41) is 51.8. The van der Waals surface area contributed by atoms with E-state index in [-0.39, 0.29) is 17.7 Å². The second-order valence-corrected chi connectivity index (χ2v) is 51.1. The van der Waals surface area contributed by atoms with Gasteiger partial charge in [-0.1, -0.05) is 89.5 Å². The Kier molecular flexibility index (Phi) is 47.7. The molecule has 0 bridgehead atoms. The van der Waals surface area contributed by atoms with Gasteiger partial charge < -0.3 is 87.2 Å². The first-order chi connectivity index (χ1) is 70.2. The zero-order valence-corrected chi connectivity index (χ0v) is 95.4. The zero-order chi connectivity index (χ0) is 105. The summed E-state index contributed by atoms with van der Waals surface area (Å²) < 4.78 is 22.1. The first kappa shape index (κ1) is 118. The quantitative estimate of drug-likeness (QED) is 0.0155. The van der Waals surface area contributed by atoms with E-state index < -0.39 is 12.3 Å². The topological polar surface area (TPSA) is 452 Å². The fourth-order valence-electron chi connectivity index (χ4n) is 18.0. The van der Waals surface area contributed by atoms with Gasteiger partial charge in [0.2, 0.25) is 0 Å². The zero-order valence-electron chi connectivity index (χ0n) is 85.0. The highest BCUT2D eigenvalue weighted by Crippen LogP contribution is 2.61. The Labute approximate surface area is 905 Å². The summed E-state index contributed by atoms with van der Waals surface area (Å²) in [6.45, 7) is 12.7. The maximum Gasteiger partial charge on any atom is 0.526 e. The van der Waals surface area contributed by atoms with Gasteiger partial charge in [-0.15, -0.1) is 68.0 Å². The van der Waals surface area contributed by atoms with E-state index in [0.29, 0.717) is 64.5 Å². The number of thiophene rings is 6. The molecule has 146 heavy (non-hydrogen) atoms. The summed E-state index contributed by atoms with van der Waals surface area (Å²) in [6.07, 6.45) is 39.4. The van der Waals surface area contributed by atoms with E-state index in [2.05, 4.69) is 260 Å². The van der Waals surface area contributed by atoms with Crippen molar-refractivity contribution in [2.45, 2.75) is 269 Å². The van der Waals surface area contributed by atoms with Crippen molar-refractivity contribution in [3.63, 3.8) is 0 Å². The third kappa shape index (κ3) is 34.4. The molecule has 5 fully saturated rings. The number of furan rings is 2. The van der Waals surface area contributed by atoms with Gasteiger partial charge in [-0.2, -0.15) is 0 Å². The summed E-state index contributed by atoms with van der Waals surface area (Å²) in [5.74, 6) is 4.85. The molecule has 788 valence electrons. The Morgan fingerprint density at radius 3 is 1.16 bits per heavy atom. The van der Waals surface area contributed by atoms with Crippen molar-refractivity contribution in [1.82, 2.24) is 74.5 Å². The van der Waals surface area contributed by atoms with Gasteiger partial charge in [0.25, 0.3) is 12.0 Å². The van der Waals surface area contributed by atoms with Gasteiger partial charge in [0.1, 0.15) is 112 Å². The van der Waals surface area contributed by atoms with Crippen molar-refractivity contribution in [2.24, 2.45) is 17.2 Å². The standard InChI is InChI=1S/C24H28N4OS.C16H23BrN4S.C16H24N4S.C14H20N4S.C8H7BO3.C8H7ClN2S.C8H8N2OS.C6H14N2.CH2O2.CH4O.Cl3OP/c1-4-20-21(19-13-15-7-5-6-8-18(15)29-19)22-23(25-14-26-24(22)30-20)27-16-9-11-17(12-10-16)28(2)3;1-4-12-14(17)13-15(18-9-19-16(13)22-12)20-10-5-7-11(8-6-10)21(2)3;1-4-13-9-14-15(17-10-18-16(14)21-13)19-11-5-7-12(8-6-11)20(2)3;1-2-11-7-12-13(16-8-17-14(12)19-11)18-10-5-3-9(15)4-6-10;10-9(11)8-5-6-3-1-2-4-7(6)12-8;1-2-5-3-6-7(9)10-4-11-8(6)12-5;1-2-5-3-6-7(11)9-4-10-8(6)12-5;7-5-1-2-6(8)4-3-5;2-1-3;1-2;1-5(2,3)4/h5-8,13-14,16-17H,4,9-12H2,1-3H3,(H,25,26,27);9-11H,4-8H2,1-3H3,(H,18,19,20);9-12H,4-8H2,1-3H3,(H,17,18,19);7-10H,2-6,15H2,1H3,(H,16,17,18);1-5,10-11H;3-4H,2H2,1H3;3-4H,2H2,1H3,(H,9,10,11);5-6H,1-4,7-8H2;1H,(H,2,3);2H,1H3;. The molecule has 5 saturated carbocycles. The predicted molar refractivity (Wildman–Crippen MR) is 618 cm³/mol. The van der Waals surface area contributed by atoms with Gasteiger partial charge in [0, 0.05) is 123 Å². The maximum atomic E-state index is 11.2. The Hall–Kier alpha value is -8.20. The van der Waals surface area contributed by atoms with Crippen molar-refractivity contribution in [2.75, 3.05) is 70.7 Å². The van der Waals surface area contributed by atoms with Crippen LogP contribution in [0.5, 0.6) is 0 Å². The van der Waals surface area contributed by atoms with E-state index in [4.69, 9.17) is 62.7 Å². The number of H-pyrrole nitrogens is 1. The lowest BCUT2D eigenvalue weighted by Gasteiger charge is -2.33. The normalized spacial score (nSPS) is 19.1. The van der Waals surface area contributed by atoms with E-state index in [1.165, 1.54) is 134 Å². The molecule has 0 spiro atoms. The lowest BCUT2D eigenvalue weighted by Crippen LogP contribution is -2.36. The predicted octanol–water partition coefficient (Wildman–Crippen LogP) is 23.6. The highest BCUT2D eigenvalue weighted by atomic mass is 79.9. The molecule has 15 N–H and O–H groups in total. The molecule has 5 aliphatic carbocycles. The second-order valence-electron chi connectivity index (χ2n) is 36.7. The van der Waals surface area contributed by atoms with Gasteiger partial charge in [-0.3, -0.25) is 14.2 Å². The van der Waals surface area contributed by atoms with Crippen LogP contribution in [0.25, 0.3) is 94.6 Å². The number of aryl methyl sites for hydroxylation is 6. The van der Waals surface area contributed by atoms with Crippen LogP contribution in [0, 0.1) is 0 Å². The van der Waals surface area contributed by atoms with E-state index >= 15 is 0 Å². The molecule has 2 aromatic carbocycles. The monoisotopic (exact) mass is 2270 g/mol. The Morgan fingerprint density at radius 1 is 0.445 bits per heavy atom. The van der Waals surface area contributed by atoms with Crippen molar-refractivity contribution >= 4 is 260 Å². The third-order valence-electron chi connectivity index (χ3n) is 26.2. The summed E-state index contributed by atoms with van der Waals surface area (Å²) >= 11 is 33.8. The number of hydrogen-bond acceptors (Lipinski definition) is 35. The number of para-hydroxylation sites is 2. The Bertz CT molecular complexity index is 6740. The number of aromatic amines is 1. The number of rotatable bonds is 19. The van der Waals surface area contributed by atoms with Gasteiger partial charge in [0.15, 0.2) is 0 Å². The van der Waals surface area contributed by atoms with Crippen LogP contribution in [0.4, 0.5) is 23.3 Å². The number of aliphatic hydroxyl groups excluding tert-OH is 1. The Balaban J connectivity index is 0.000000160. The minimum atomic E-state index is -3.22. The number of carboxylic acid groups (broad SMARTS) is 1. The first-order valence-electron chi connectivity index (χ1n) is 49.6. The lowest BCUT2D eigenvalue weighted by molar-refractivity contribution is -0.122. The molecule has 0 amide bonds. The molecule has 0 radical (unpaired) electrons. The molecular weight excluding hydrogens is 2130 g/mol. The molecule has 16 aromatic rings. The van der Waals surface area contributed by atoms with Crippen LogP contribution in [-0.2, 0) is 47.9 Å². The van der Waals surface area contributed by atoms with E-state index in [1.807, 2.05) is 42.5 Å². The molecule has 0 atom stereocenters. The molecular formula is C102H137BBrCl4N22O9PS6. The molecule has 0 aliphatic heterocycles. The van der Waals surface area contributed by atoms with Crippen LogP contribution < -0.4 is 49.7 Å². The number of carbonyl (C=O) groups is 1. The molecule has 0 unspecified atom stereocenters. The number of nitrogens with two attached hydrogens (primary N) is 3. The summed E-state index contributed by atoms with van der Waals surface area (Å²) in [6, 6.07) is 33.1. The number of benzene rings is 2.